The van der Waals surface area contributed by atoms with E-state index in [0.717, 1.165) is 41.2 Å². The van der Waals surface area contributed by atoms with Crippen LogP contribution >= 0.6 is 15.9 Å². The van der Waals surface area contributed by atoms with Gasteiger partial charge in [0.05, 0.1) is 30.3 Å². The van der Waals surface area contributed by atoms with Crippen molar-refractivity contribution in [2.45, 2.75) is 19.8 Å². The highest BCUT2D eigenvalue weighted by Crippen LogP contribution is 2.31. The van der Waals surface area contributed by atoms with E-state index in [1.807, 2.05) is 13.0 Å². The summed E-state index contributed by atoms with van der Waals surface area (Å²) in [6.07, 6.45) is 0. The van der Waals surface area contributed by atoms with Gasteiger partial charge >= 0.3 is 0 Å². The molecular formula is C15H26BrN3O2. The van der Waals surface area contributed by atoms with E-state index in [9.17, 15) is 0 Å². The van der Waals surface area contributed by atoms with Gasteiger partial charge in [-0.15, -0.1) is 0 Å². The van der Waals surface area contributed by atoms with Crippen LogP contribution in [0, 0.1) is 6.92 Å². The number of nitrogens with zero attached hydrogens (tertiary/aromatic N) is 2. The number of nitrogen functional groups attached to an aromatic ring is 1. The lowest BCUT2D eigenvalue weighted by atomic mass is 10.1. The summed E-state index contributed by atoms with van der Waals surface area (Å²) in [6.45, 7) is 6.95. The van der Waals surface area contributed by atoms with Crippen molar-refractivity contribution in [2.75, 3.05) is 56.5 Å². The van der Waals surface area contributed by atoms with E-state index in [4.69, 9.17) is 15.2 Å². The molecule has 0 saturated heterocycles. The molecule has 0 fully saturated rings. The van der Waals surface area contributed by atoms with E-state index in [0.29, 0.717) is 13.2 Å². The number of rotatable bonds is 9. The fourth-order valence-corrected chi connectivity index (χ4v) is 2.46. The molecule has 1 unspecified atom stereocenters. The summed E-state index contributed by atoms with van der Waals surface area (Å²) < 4.78 is 10.4. The molecule has 21 heavy (non-hydrogen) atoms. The largest absolute Gasteiger partial charge is 0.396 e. The Hall–Kier alpha value is -0.850. The number of anilines is 2. The molecule has 1 rings (SSSR count). The van der Waals surface area contributed by atoms with Gasteiger partial charge in [0.15, 0.2) is 0 Å². The maximum Gasteiger partial charge on any atom is 0.0774 e. The third-order valence-corrected chi connectivity index (χ3v) is 4.34. The first-order chi connectivity index (χ1) is 10.0. The second kappa shape index (κ2) is 9.23. The van der Waals surface area contributed by atoms with Crippen LogP contribution in [-0.2, 0) is 9.47 Å². The Balaban J connectivity index is 3.13. The quantitative estimate of drug-likeness (QED) is 0.686. The Morgan fingerprint density at radius 3 is 2.33 bits per heavy atom. The summed E-state index contributed by atoms with van der Waals surface area (Å²) in [4.78, 5) is 6.80. The number of ether oxygens (including phenoxy) is 2. The first-order valence-corrected chi connectivity index (χ1v) is 8.23. The Morgan fingerprint density at radius 1 is 1.29 bits per heavy atom. The van der Waals surface area contributed by atoms with Crippen LogP contribution in [0.15, 0.2) is 6.07 Å². The zero-order valence-electron chi connectivity index (χ0n) is 13.4. The number of hydrogen-bond donors (Lipinski definition) is 1. The van der Waals surface area contributed by atoms with E-state index in [2.05, 4.69) is 32.7 Å². The summed E-state index contributed by atoms with van der Waals surface area (Å²) in [5.41, 5.74) is 10.0. The van der Waals surface area contributed by atoms with Crippen LogP contribution in [0.3, 0.4) is 0 Å². The Kier molecular flexibility index (Phi) is 8.00. The predicted octanol–water partition coefficient (Wildman–Crippen LogP) is 2.57. The fraction of sp³-hybridized carbons (Fsp3) is 0.667. The summed E-state index contributed by atoms with van der Waals surface area (Å²) in [5, 5.41) is 0.837. The third-order valence-electron chi connectivity index (χ3n) is 3.36. The molecule has 1 aromatic rings. The van der Waals surface area contributed by atoms with Gasteiger partial charge in [0.25, 0.3) is 0 Å². The molecule has 1 atom stereocenters. The van der Waals surface area contributed by atoms with E-state index in [-0.39, 0.29) is 5.92 Å². The van der Waals surface area contributed by atoms with Gasteiger partial charge in [0.1, 0.15) is 0 Å². The van der Waals surface area contributed by atoms with Crippen molar-refractivity contribution in [3.05, 3.63) is 17.5 Å². The van der Waals surface area contributed by atoms with E-state index in [1.54, 1.807) is 14.2 Å². The summed E-state index contributed by atoms with van der Waals surface area (Å²) in [7, 11) is 3.40. The molecule has 0 bridgehead atoms. The van der Waals surface area contributed by atoms with Crippen molar-refractivity contribution in [3.63, 3.8) is 0 Å². The minimum Gasteiger partial charge on any atom is -0.396 e. The molecule has 6 heteroatoms. The van der Waals surface area contributed by atoms with Gasteiger partial charge in [-0.3, -0.25) is 4.98 Å². The van der Waals surface area contributed by atoms with Crippen molar-refractivity contribution in [2.24, 2.45) is 0 Å². The molecule has 2 N–H and O–H groups in total. The second-order valence-corrected chi connectivity index (χ2v) is 5.76. The van der Waals surface area contributed by atoms with Gasteiger partial charge in [0.2, 0.25) is 0 Å². The molecule has 0 aliphatic rings. The number of hydrogen-bond acceptors (Lipinski definition) is 5. The average Bonchev–Trinajstić information content (AvgIpc) is 2.49. The average molecular weight is 360 g/mol. The van der Waals surface area contributed by atoms with Gasteiger partial charge in [-0.05, 0) is 13.0 Å². The Labute approximate surface area is 135 Å². The van der Waals surface area contributed by atoms with Crippen LogP contribution in [0.4, 0.5) is 11.4 Å². The molecule has 0 aromatic carbocycles. The highest BCUT2D eigenvalue weighted by Gasteiger charge is 2.18. The topological polar surface area (TPSA) is 60.6 Å². The standard InChI is InChI=1S/C15H26BrN3O2/c1-11(10-16)15-14(17)13(9-12(2)18-15)19(5-7-20-3)6-8-21-4/h9,11H,5-8,10,17H2,1-4H3. The number of aryl methyl sites for hydroxylation is 1. The summed E-state index contributed by atoms with van der Waals surface area (Å²) >= 11 is 3.51. The second-order valence-electron chi connectivity index (χ2n) is 5.11. The monoisotopic (exact) mass is 359 g/mol. The van der Waals surface area contributed by atoms with E-state index in [1.165, 1.54) is 0 Å². The van der Waals surface area contributed by atoms with Crippen LogP contribution in [0.25, 0.3) is 0 Å². The zero-order chi connectivity index (χ0) is 15.8. The van der Waals surface area contributed by atoms with Gasteiger partial charge in [-0.1, -0.05) is 22.9 Å². The minimum absolute atomic E-state index is 0.273. The lowest BCUT2D eigenvalue weighted by molar-refractivity contribution is 0.190. The molecule has 0 spiro atoms. The van der Waals surface area contributed by atoms with Crippen molar-refractivity contribution in [1.29, 1.82) is 0 Å². The molecule has 0 saturated carbocycles. The Bertz CT molecular complexity index is 435. The van der Waals surface area contributed by atoms with Crippen LogP contribution in [0.5, 0.6) is 0 Å². The maximum absolute atomic E-state index is 6.37. The van der Waals surface area contributed by atoms with Gasteiger partial charge < -0.3 is 20.1 Å². The van der Waals surface area contributed by atoms with Crippen LogP contribution in [0.1, 0.15) is 24.2 Å². The summed E-state index contributed by atoms with van der Waals surface area (Å²) in [6, 6.07) is 2.03. The van der Waals surface area contributed by atoms with Gasteiger partial charge in [-0.2, -0.15) is 0 Å². The molecule has 0 amide bonds. The van der Waals surface area contributed by atoms with Crippen molar-refractivity contribution in [3.8, 4) is 0 Å². The number of pyridine rings is 1. The number of aromatic nitrogens is 1. The van der Waals surface area contributed by atoms with Crippen molar-refractivity contribution < 1.29 is 9.47 Å². The molecular weight excluding hydrogens is 334 g/mol. The molecule has 0 aliphatic carbocycles. The number of methoxy groups -OCH3 is 2. The molecule has 120 valence electrons. The highest BCUT2D eigenvalue weighted by molar-refractivity contribution is 9.09. The molecule has 0 aliphatic heterocycles. The zero-order valence-corrected chi connectivity index (χ0v) is 14.9. The van der Waals surface area contributed by atoms with Crippen molar-refractivity contribution in [1.82, 2.24) is 4.98 Å². The van der Waals surface area contributed by atoms with Gasteiger partial charge in [-0.25, -0.2) is 0 Å². The highest BCUT2D eigenvalue weighted by atomic mass is 79.9. The molecule has 1 heterocycles. The Morgan fingerprint density at radius 2 is 1.86 bits per heavy atom. The normalized spacial score (nSPS) is 12.4. The first-order valence-electron chi connectivity index (χ1n) is 7.10. The summed E-state index contributed by atoms with van der Waals surface area (Å²) in [5.74, 6) is 0.273. The lowest BCUT2D eigenvalue weighted by Crippen LogP contribution is -2.31. The van der Waals surface area contributed by atoms with Crippen LogP contribution in [0.2, 0.25) is 0 Å². The predicted molar refractivity (Wildman–Crippen MR) is 91.6 cm³/mol. The molecule has 1 aromatic heterocycles. The lowest BCUT2D eigenvalue weighted by Gasteiger charge is -2.27. The number of alkyl halides is 1. The number of halogens is 1. The van der Waals surface area contributed by atoms with Crippen molar-refractivity contribution >= 4 is 27.3 Å². The fourth-order valence-electron chi connectivity index (χ4n) is 2.16. The van der Waals surface area contributed by atoms with Gasteiger partial charge in [0, 0.05) is 44.3 Å². The smallest absolute Gasteiger partial charge is 0.0774 e. The maximum atomic E-state index is 6.37. The number of nitrogens with two attached hydrogens (primary N) is 1. The molecule has 0 radical (unpaired) electrons. The van der Waals surface area contributed by atoms with Crippen LogP contribution < -0.4 is 10.6 Å². The van der Waals surface area contributed by atoms with Crippen LogP contribution in [-0.4, -0.2) is 50.8 Å². The van der Waals surface area contributed by atoms with E-state index < -0.39 is 0 Å². The minimum atomic E-state index is 0.273. The molecule has 5 nitrogen and oxygen atoms in total. The first kappa shape index (κ1) is 18.2. The SMILES string of the molecule is COCCN(CCOC)c1cc(C)nc(C(C)CBr)c1N. The van der Waals surface area contributed by atoms with E-state index >= 15 is 0 Å². The third kappa shape index (κ3) is 5.13.